The third-order valence-corrected chi connectivity index (χ3v) is 5.78. The number of thiocarbonyl (C=S) groups is 1. The van der Waals surface area contributed by atoms with Crippen molar-refractivity contribution in [2.45, 2.75) is 18.6 Å². The smallest absolute Gasteiger partial charge is 0.383 e. The second kappa shape index (κ2) is 11.5. The zero-order chi connectivity index (χ0) is 25.6. The molecule has 0 amide bonds. The average molecular weight is 512 g/mol. The van der Waals surface area contributed by atoms with Crippen LogP contribution in [0.1, 0.15) is 17.5 Å². The maximum absolute atomic E-state index is 14.9. The van der Waals surface area contributed by atoms with Gasteiger partial charge in [0.2, 0.25) is 0 Å². The molecule has 0 spiro atoms. The van der Waals surface area contributed by atoms with Crippen LogP contribution in [0.2, 0.25) is 0 Å². The summed E-state index contributed by atoms with van der Waals surface area (Å²) in [6.07, 6.45) is -1.97. The van der Waals surface area contributed by atoms with Crippen molar-refractivity contribution < 1.29 is 17.6 Å². The van der Waals surface area contributed by atoms with E-state index >= 15 is 0 Å². The molecule has 0 radical (unpaired) electrons. The summed E-state index contributed by atoms with van der Waals surface area (Å²) in [5.74, 6) is -0.479. The van der Waals surface area contributed by atoms with Gasteiger partial charge in [0, 0.05) is 49.2 Å². The molecule has 0 unspecified atom stereocenters. The van der Waals surface area contributed by atoms with Crippen molar-refractivity contribution in [2.75, 3.05) is 55.8 Å². The number of hydrogen-bond acceptors (Lipinski definition) is 6. The van der Waals surface area contributed by atoms with E-state index in [-0.39, 0.29) is 5.11 Å². The summed E-state index contributed by atoms with van der Waals surface area (Å²) in [5.41, 5.74) is 9.16. The minimum absolute atomic E-state index is 0.00340. The van der Waals surface area contributed by atoms with Gasteiger partial charge >= 0.3 is 6.18 Å². The number of anilines is 3. The van der Waals surface area contributed by atoms with Crippen LogP contribution in [0, 0.1) is 5.82 Å². The molecule has 12 heteroatoms. The maximum Gasteiger partial charge on any atom is 0.416 e. The molecule has 1 fully saturated rings. The third kappa shape index (κ3) is 7.43. The Morgan fingerprint density at radius 3 is 2.63 bits per heavy atom. The molecular formula is C23H29F4N7S. The van der Waals surface area contributed by atoms with E-state index in [1.807, 2.05) is 14.1 Å². The third-order valence-electron chi connectivity index (χ3n) is 5.69. The van der Waals surface area contributed by atoms with Crippen molar-refractivity contribution in [1.82, 2.24) is 10.3 Å². The van der Waals surface area contributed by atoms with Gasteiger partial charge < -0.3 is 26.2 Å². The molecule has 35 heavy (non-hydrogen) atoms. The molecule has 1 saturated heterocycles. The van der Waals surface area contributed by atoms with Gasteiger partial charge in [-0.3, -0.25) is 5.43 Å². The van der Waals surface area contributed by atoms with Gasteiger partial charge in [-0.1, -0.05) is 6.07 Å². The number of likely N-dealkylation sites (N-methyl/N-ethyl adjacent to an activating group) is 1. The summed E-state index contributed by atoms with van der Waals surface area (Å²) in [7, 11) is 4.05. The molecule has 1 atom stereocenters. The molecule has 7 nitrogen and oxygen atoms in total. The fourth-order valence-electron chi connectivity index (χ4n) is 3.85. The Balaban J connectivity index is 1.71. The first-order valence-electron chi connectivity index (χ1n) is 11.0. The van der Waals surface area contributed by atoms with Gasteiger partial charge in [-0.2, -0.15) is 18.3 Å². The summed E-state index contributed by atoms with van der Waals surface area (Å²) in [6, 6.07) is 8.42. The van der Waals surface area contributed by atoms with E-state index in [2.05, 4.69) is 31.0 Å². The average Bonchev–Trinajstić information content (AvgIpc) is 3.28. The van der Waals surface area contributed by atoms with E-state index in [1.54, 1.807) is 12.1 Å². The highest BCUT2D eigenvalue weighted by Gasteiger charge is 2.30. The van der Waals surface area contributed by atoms with E-state index in [1.165, 1.54) is 18.3 Å². The first-order valence-corrected chi connectivity index (χ1v) is 11.4. The topological polar surface area (TPSA) is 81.0 Å². The van der Waals surface area contributed by atoms with Gasteiger partial charge in [-0.15, -0.1) is 0 Å². The standard InChI is InChI=1S/C23H29F4N7S/c1-33(2)18-6-9-34(14-18)21-12-20(19(24)10-15(21)13-31-32-22(28)35)30-8-7-29-17-5-3-4-16(11-17)23(25,26)27/h3-5,10-13,18,29-30H,6-9,14H2,1-2H3,(H3,28,32,35)/b31-13+/t18-/m0/s1. The fraction of sp³-hybridized carbons (Fsp3) is 0.391. The number of alkyl halides is 3. The van der Waals surface area contributed by atoms with Crippen molar-refractivity contribution >= 4 is 40.6 Å². The largest absolute Gasteiger partial charge is 0.416 e. The number of benzene rings is 2. The predicted octanol–water partition coefficient (Wildman–Crippen LogP) is 3.68. The quantitative estimate of drug-likeness (QED) is 0.135. The number of nitrogens with two attached hydrogens (primary N) is 1. The van der Waals surface area contributed by atoms with Crippen molar-refractivity contribution in [3.05, 3.63) is 53.3 Å². The number of hydrazone groups is 1. The highest BCUT2D eigenvalue weighted by molar-refractivity contribution is 7.80. The molecular weight excluding hydrogens is 482 g/mol. The van der Waals surface area contributed by atoms with Crippen molar-refractivity contribution in [3.8, 4) is 0 Å². The SMILES string of the molecule is CN(C)[C@H]1CCN(c2cc(NCCNc3cccc(C(F)(F)F)c3)c(F)cc2/C=N/NC(N)=S)C1. The van der Waals surface area contributed by atoms with Crippen LogP contribution in [0.15, 0.2) is 41.5 Å². The lowest BCUT2D eigenvalue weighted by Gasteiger charge is -2.24. The van der Waals surface area contributed by atoms with Crippen molar-refractivity contribution in [3.63, 3.8) is 0 Å². The molecule has 3 rings (SSSR count). The second-order valence-electron chi connectivity index (χ2n) is 8.41. The molecule has 1 heterocycles. The lowest BCUT2D eigenvalue weighted by Crippen LogP contribution is -2.32. The van der Waals surface area contributed by atoms with Crippen LogP contribution >= 0.6 is 12.2 Å². The number of nitrogens with one attached hydrogen (secondary N) is 3. The highest BCUT2D eigenvalue weighted by Crippen LogP contribution is 2.31. The molecule has 0 saturated carbocycles. The predicted molar refractivity (Wildman–Crippen MR) is 137 cm³/mol. The fourth-order valence-corrected chi connectivity index (χ4v) is 3.90. The van der Waals surface area contributed by atoms with Crippen LogP contribution < -0.4 is 26.7 Å². The lowest BCUT2D eigenvalue weighted by atomic mass is 10.1. The number of nitrogens with zero attached hydrogens (tertiary/aromatic N) is 3. The lowest BCUT2D eigenvalue weighted by molar-refractivity contribution is -0.137. The molecule has 5 N–H and O–H groups in total. The summed E-state index contributed by atoms with van der Waals surface area (Å²) < 4.78 is 53.6. The minimum atomic E-state index is -4.41. The first-order chi connectivity index (χ1) is 16.5. The van der Waals surface area contributed by atoms with Crippen LogP contribution in [-0.4, -0.2) is 62.5 Å². The van der Waals surface area contributed by atoms with E-state index < -0.39 is 17.6 Å². The molecule has 190 valence electrons. The maximum atomic E-state index is 14.9. The zero-order valence-electron chi connectivity index (χ0n) is 19.5. The Kier molecular flexibility index (Phi) is 8.73. The Morgan fingerprint density at radius 2 is 1.97 bits per heavy atom. The summed E-state index contributed by atoms with van der Waals surface area (Å²) in [5, 5.41) is 9.94. The molecule has 2 aromatic carbocycles. The van der Waals surface area contributed by atoms with E-state index in [9.17, 15) is 17.6 Å². The van der Waals surface area contributed by atoms with E-state index in [0.29, 0.717) is 36.1 Å². The second-order valence-corrected chi connectivity index (χ2v) is 8.85. The van der Waals surface area contributed by atoms with Gasteiger partial charge in [0.05, 0.1) is 17.5 Å². The molecule has 0 aromatic heterocycles. The summed E-state index contributed by atoms with van der Waals surface area (Å²) in [6.45, 7) is 2.17. The Bertz CT molecular complexity index is 1060. The zero-order valence-corrected chi connectivity index (χ0v) is 20.3. The van der Waals surface area contributed by atoms with Crippen molar-refractivity contribution in [2.24, 2.45) is 10.8 Å². The van der Waals surface area contributed by atoms with Crippen LogP contribution in [0.5, 0.6) is 0 Å². The Morgan fingerprint density at radius 1 is 1.23 bits per heavy atom. The number of hydrogen-bond donors (Lipinski definition) is 4. The highest BCUT2D eigenvalue weighted by atomic mass is 32.1. The van der Waals surface area contributed by atoms with E-state index in [4.69, 9.17) is 18.0 Å². The van der Waals surface area contributed by atoms with Gasteiger partial charge in [0.1, 0.15) is 5.82 Å². The number of halogens is 4. The Hall–Kier alpha value is -3.12. The van der Waals surface area contributed by atoms with Gasteiger partial charge in [0.15, 0.2) is 5.11 Å². The molecule has 2 aromatic rings. The van der Waals surface area contributed by atoms with Gasteiger partial charge in [-0.05, 0) is 63.1 Å². The van der Waals surface area contributed by atoms with Crippen LogP contribution in [0.25, 0.3) is 0 Å². The van der Waals surface area contributed by atoms with E-state index in [0.717, 1.165) is 37.3 Å². The van der Waals surface area contributed by atoms with Crippen LogP contribution in [-0.2, 0) is 6.18 Å². The Labute approximate surface area is 207 Å². The molecule has 0 bridgehead atoms. The first kappa shape index (κ1) is 26.5. The van der Waals surface area contributed by atoms with Crippen molar-refractivity contribution in [1.29, 1.82) is 0 Å². The van der Waals surface area contributed by atoms with Gasteiger partial charge in [-0.25, -0.2) is 4.39 Å². The van der Waals surface area contributed by atoms with Gasteiger partial charge in [0.25, 0.3) is 0 Å². The molecule has 1 aliphatic heterocycles. The summed E-state index contributed by atoms with van der Waals surface area (Å²) in [4.78, 5) is 4.32. The minimum Gasteiger partial charge on any atom is -0.383 e. The molecule has 0 aliphatic carbocycles. The molecule has 1 aliphatic rings. The van der Waals surface area contributed by atoms with Crippen LogP contribution in [0.4, 0.5) is 34.6 Å². The monoisotopic (exact) mass is 511 g/mol. The summed E-state index contributed by atoms with van der Waals surface area (Å²) >= 11 is 4.75. The normalized spacial score (nSPS) is 16.2. The number of rotatable bonds is 9. The van der Waals surface area contributed by atoms with Crippen LogP contribution in [0.3, 0.4) is 0 Å².